The number of H-pyrrole nitrogens is 1. The third-order valence-corrected chi connectivity index (χ3v) is 4.12. The topological polar surface area (TPSA) is 127 Å². The molecule has 29 heavy (non-hydrogen) atoms. The number of hydrogen-bond acceptors (Lipinski definition) is 7. The van der Waals surface area contributed by atoms with E-state index in [-0.39, 0.29) is 36.2 Å². The first-order valence-electron chi connectivity index (χ1n) is 9.21. The lowest BCUT2D eigenvalue weighted by molar-refractivity contribution is 0.0938. The number of hydrazone groups is 1. The minimum Gasteiger partial charge on any atom is -0.491 e. The predicted molar refractivity (Wildman–Crippen MR) is 110 cm³/mol. The zero-order chi connectivity index (χ0) is 21.0. The Hall–Kier alpha value is -3.40. The number of aromatic nitrogens is 4. The van der Waals surface area contributed by atoms with Gasteiger partial charge in [-0.3, -0.25) is 14.3 Å². The fourth-order valence-electron chi connectivity index (χ4n) is 2.71. The molecule has 1 atom stereocenters. The smallest absolute Gasteiger partial charge is 0.329 e. The number of aliphatic hydroxyl groups is 1. The Labute approximate surface area is 166 Å². The van der Waals surface area contributed by atoms with Crippen LogP contribution in [0.4, 0.5) is 5.95 Å². The molecule has 1 aromatic carbocycles. The molecule has 3 aromatic rings. The van der Waals surface area contributed by atoms with Crippen molar-refractivity contribution < 1.29 is 9.84 Å². The van der Waals surface area contributed by atoms with Crippen LogP contribution in [0.5, 0.6) is 5.75 Å². The molecule has 0 aliphatic heterocycles. The minimum absolute atomic E-state index is 0.0159. The molecule has 0 spiro atoms. The summed E-state index contributed by atoms with van der Waals surface area (Å²) in [6.07, 6.45) is 0.751. The first-order chi connectivity index (χ1) is 13.9. The lowest BCUT2D eigenvalue weighted by Crippen LogP contribution is -2.30. The van der Waals surface area contributed by atoms with Crippen molar-refractivity contribution in [3.05, 3.63) is 51.2 Å². The Morgan fingerprint density at radius 2 is 2.03 bits per heavy atom. The van der Waals surface area contributed by atoms with Gasteiger partial charge in [0.1, 0.15) is 18.5 Å². The Morgan fingerprint density at radius 3 is 2.72 bits per heavy atom. The standard InChI is InChI=1S/C19H24N6O4/c1-12(2)9-20-23-18-21-16-15(17(27)22-19(28)24(16)3)25(18)10-13(26)11-29-14-7-5-4-6-8-14/h4-9,12-13,26H,10-11H2,1-3H3,(H,21,23)(H,22,27,28)/b20-9-/t13-/m0/s1. The molecular weight excluding hydrogens is 376 g/mol. The third-order valence-electron chi connectivity index (χ3n) is 4.12. The highest BCUT2D eigenvalue weighted by Crippen LogP contribution is 2.17. The quantitative estimate of drug-likeness (QED) is 0.381. The van der Waals surface area contributed by atoms with Gasteiger partial charge in [0.25, 0.3) is 5.56 Å². The number of aryl methyl sites for hydroxylation is 1. The Morgan fingerprint density at radius 1 is 1.31 bits per heavy atom. The van der Waals surface area contributed by atoms with Crippen LogP contribution in [-0.2, 0) is 13.6 Å². The highest BCUT2D eigenvalue weighted by molar-refractivity contribution is 5.74. The summed E-state index contributed by atoms with van der Waals surface area (Å²) in [5, 5.41) is 14.6. The number of imidazole rings is 1. The Kier molecular flexibility index (Phi) is 6.13. The number of aromatic amines is 1. The summed E-state index contributed by atoms with van der Waals surface area (Å²) < 4.78 is 8.30. The van der Waals surface area contributed by atoms with E-state index in [4.69, 9.17) is 4.74 Å². The molecule has 2 heterocycles. The number of aliphatic hydroxyl groups excluding tert-OH is 1. The highest BCUT2D eigenvalue weighted by Gasteiger charge is 2.19. The molecule has 154 valence electrons. The number of para-hydroxylation sites is 1. The van der Waals surface area contributed by atoms with Gasteiger partial charge in [0.15, 0.2) is 11.2 Å². The third kappa shape index (κ3) is 4.72. The molecule has 0 radical (unpaired) electrons. The first kappa shape index (κ1) is 20.3. The second-order valence-electron chi connectivity index (χ2n) is 6.95. The number of nitrogens with one attached hydrogen (secondary N) is 2. The van der Waals surface area contributed by atoms with E-state index in [1.54, 1.807) is 18.3 Å². The fraction of sp³-hybridized carbons (Fsp3) is 0.368. The number of rotatable bonds is 8. The van der Waals surface area contributed by atoms with Crippen LogP contribution in [0.2, 0.25) is 0 Å². The molecule has 10 nitrogen and oxygen atoms in total. The summed E-state index contributed by atoms with van der Waals surface area (Å²) in [5.41, 5.74) is 1.98. The zero-order valence-corrected chi connectivity index (χ0v) is 16.5. The lowest BCUT2D eigenvalue weighted by atomic mass is 10.3. The summed E-state index contributed by atoms with van der Waals surface area (Å²) in [4.78, 5) is 30.9. The number of fused-ring (bicyclic) bond motifs is 1. The predicted octanol–water partition coefficient (Wildman–Crippen LogP) is 0.917. The molecule has 0 saturated carbocycles. The van der Waals surface area contributed by atoms with Crippen LogP contribution in [0.25, 0.3) is 11.2 Å². The van der Waals surface area contributed by atoms with Crippen molar-refractivity contribution in [2.24, 2.45) is 18.1 Å². The maximum Gasteiger partial charge on any atom is 0.329 e. The number of hydrogen-bond donors (Lipinski definition) is 3. The van der Waals surface area contributed by atoms with E-state index in [0.29, 0.717) is 5.75 Å². The van der Waals surface area contributed by atoms with Crippen molar-refractivity contribution in [2.75, 3.05) is 12.0 Å². The average molecular weight is 400 g/mol. The summed E-state index contributed by atoms with van der Waals surface area (Å²) >= 11 is 0. The first-order valence-corrected chi connectivity index (χ1v) is 9.21. The van der Waals surface area contributed by atoms with E-state index in [2.05, 4.69) is 20.5 Å². The van der Waals surface area contributed by atoms with Gasteiger partial charge >= 0.3 is 5.69 Å². The second-order valence-corrected chi connectivity index (χ2v) is 6.95. The van der Waals surface area contributed by atoms with Crippen molar-refractivity contribution >= 4 is 23.3 Å². The van der Waals surface area contributed by atoms with Crippen LogP contribution in [0, 0.1) is 5.92 Å². The number of benzene rings is 1. The number of anilines is 1. The molecule has 0 fully saturated rings. The van der Waals surface area contributed by atoms with E-state index in [1.165, 1.54) is 16.2 Å². The van der Waals surface area contributed by atoms with E-state index in [1.807, 2.05) is 32.0 Å². The van der Waals surface area contributed by atoms with Crippen LogP contribution in [-0.4, -0.2) is 43.1 Å². The van der Waals surface area contributed by atoms with Crippen molar-refractivity contribution in [1.29, 1.82) is 0 Å². The molecule has 3 rings (SSSR count). The van der Waals surface area contributed by atoms with Gasteiger partial charge in [0, 0.05) is 13.3 Å². The van der Waals surface area contributed by atoms with Crippen LogP contribution in [0.3, 0.4) is 0 Å². The Bertz CT molecular complexity index is 1110. The summed E-state index contributed by atoms with van der Waals surface area (Å²) in [6.45, 7) is 3.96. The summed E-state index contributed by atoms with van der Waals surface area (Å²) in [5.74, 6) is 1.07. The van der Waals surface area contributed by atoms with Gasteiger partial charge in [0.05, 0.1) is 6.54 Å². The number of nitrogens with zero attached hydrogens (tertiary/aromatic N) is 4. The zero-order valence-electron chi connectivity index (χ0n) is 16.5. The molecule has 2 aromatic heterocycles. The van der Waals surface area contributed by atoms with E-state index >= 15 is 0 Å². The van der Waals surface area contributed by atoms with Crippen LogP contribution in [0.1, 0.15) is 13.8 Å². The Balaban J connectivity index is 1.92. The molecule has 0 saturated heterocycles. The van der Waals surface area contributed by atoms with E-state index in [0.717, 1.165) is 0 Å². The van der Waals surface area contributed by atoms with Crippen molar-refractivity contribution in [1.82, 2.24) is 19.1 Å². The average Bonchev–Trinajstić information content (AvgIpc) is 3.04. The molecule has 0 unspecified atom stereocenters. The highest BCUT2D eigenvalue weighted by atomic mass is 16.5. The van der Waals surface area contributed by atoms with Crippen LogP contribution in [0.15, 0.2) is 45.0 Å². The van der Waals surface area contributed by atoms with Gasteiger partial charge in [-0.2, -0.15) is 10.1 Å². The molecule has 3 N–H and O–H groups in total. The van der Waals surface area contributed by atoms with Gasteiger partial charge in [-0.05, 0) is 18.1 Å². The van der Waals surface area contributed by atoms with Gasteiger partial charge < -0.3 is 14.4 Å². The maximum absolute atomic E-state index is 12.4. The van der Waals surface area contributed by atoms with Gasteiger partial charge in [-0.1, -0.05) is 32.0 Å². The number of ether oxygens (including phenoxy) is 1. The SMILES string of the molecule is CC(C)/C=N\Nc1nc2c(c(=O)[nH]c(=O)n2C)n1C[C@H](O)COc1ccccc1. The summed E-state index contributed by atoms with van der Waals surface area (Å²) in [6, 6.07) is 9.10. The van der Waals surface area contributed by atoms with Gasteiger partial charge in [-0.15, -0.1) is 0 Å². The van der Waals surface area contributed by atoms with Crippen LogP contribution < -0.4 is 21.4 Å². The van der Waals surface area contributed by atoms with Crippen molar-refractivity contribution in [3.8, 4) is 5.75 Å². The summed E-state index contributed by atoms with van der Waals surface area (Å²) in [7, 11) is 1.51. The lowest BCUT2D eigenvalue weighted by Gasteiger charge is -2.15. The largest absolute Gasteiger partial charge is 0.491 e. The van der Waals surface area contributed by atoms with E-state index in [9.17, 15) is 14.7 Å². The molecule has 0 amide bonds. The molecule has 10 heteroatoms. The van der Waals surface area contributed by atoms with Crippen molar-refractivity contribution in [2.45, 2.75) is 26.5 Å². The molecular formula is C19H24N6O4. The molecule has 0 bridgehead atoms. The normalized spacial score (nSPS) is 12.7. The minimum atomic E-state index is -0.932. The second kappa shape index (κ2) is 8.74. The van der Waals surface area contributed by atoms with Gasteiger partial charge in [-0.25, -0.2) is 10.2 Å². The molecule has 0 aliphatic rings. The van der Waals surface area contributed by atoms with Crippen LogP contribution >= 0.6 is 0 Å². The maximum atomic E-state index is 12.4. The molecule has 0 aliphatic carbocycles. The van der Waals surface area contributed by atoms with E-state index < -0.39 is 17.4 Å². The van der Waals surface area contributed by atoms with Crippen molar-refractivity contribution in [3.63, 3.8) is 0 Å². The fourth-order valence-corrected chi connectivity index (χ4v) is 2.71. The monoisotopic (exact) mass is 400 g/mol. The van der Waals surface area contributed by atoms with Gasteiger partial charge in [0.2, 0.25) is 5.95 Å².